The van der Waals surface area contributed by atoms with Crippen LogP contribution in [0.25, 0.3) is 11.3 Å². The van der Waals surface area contributed by atoms with Crippen molar-refractivity contribution < 1.29 is 4.79 Å². The second kappa shape index (κ2) is 7.03. The Morgan fingerprint density at radius 3 is 2.81 bits per heavy atom. The average molecular weight is 366 g/mol. The summed E-state index contributed by atoms with van der Waals surface area (Å²) in [4.78, 5) is 17.0. The summed E-state index contributed by atoms with van der Waals surface area (Å²) in [5.41, 5.74) is 6.34. The molecule has 1 aliphatic rings. The summed E-state index contributed by atoms with van der Waals surface area (Å²) in [5.74, 6) is -0.216. The fourth-order valence-corrected chi connectivity index (χ4v) is 4.17. The van der Waals surface area contributed by atoms with Crippen molar-refractivity contribution in [3.63, 3.8) is 0 Å². The van der Waals surface area contributed by atoms with Crippen molar-refractivity contribution in [2.45, 2.75) is 46.1 Å². The Morgan fingerprint density at radius 2 is 2.04 bits per heavy atom. The van der Waals surface area contributed by atoms with Gasteiger partial charge >= 0.3 is 0 Å². The molecule has 0 spiro atoms. The zero-order valence-corrected chi connectivity index (χ0v) is 15.9. The van der Waals surface area contributed by atoms with Crippen LogP contribution in [0.3, 0.4) is 0 Å². The number of rotatable bonds is 4. The van der Waals surface area contributed by atoms with Gasteiger partial charge in [-0.1, -0.05) is 12.1 Å². The van der Waals surface area contributed by atoms with Gasteiger partial charge in [-0.3, -0.25) is 14.8 Å². The lowest BCUT2D eigenvalue weighted by Crippen LogP contribution is -2.13. The minimum atomic E-state index is -0.216. The lowest BCUT2D eigenvalue weighted by atomic mass is 9.90. The Bertz CT molecular complexity index is 957. The van der Waals surface area contributed by atoms with Crippen LogP contribution in [0.1, 0.15) is 47.1 Å². The number of nitrogens with zero attached hydrogens (tertiary/aromatic N) is 3. The number of anilines is 1. The summed E-state index contributed by atoms with van der Waals surface area (Å²) in [7, 11) is 0. The molecule has 1 aliphatic carbocycles. The van der Waals surface area contributed by atoms with Crippen LogP contribution in [0.15, 0.2) is 29.6 Å². The molecule has 1 aromatic carbocycles. The number of aryl methyl sites for hydroxylation is 4. The lowest BCUT2D eigenvalue weighted by molar-refractivity contribution is 0.102. The van der Waals surface area contributed by atoms with Crippen molar-refractivity contribution in [1.29, 1.82) is 0 Å². The highest BCUT2D eigenvalue weighted by Crippen LogP contribution is 2.29. The first-order chi connectivity index (χ1) is 12.6. The van der Waals surface area contributed by atoms with E-state index in [0.29, 0.717) is 10.8 Å². The summed E-state index contributed by atoms with van der Waals surface area (Å²) < 4.78 is 1.81. The summed E-state index contributed by atoms with van der Waals surface area (Å²) in [6, 6.07) is 8.41. The van der Waals surface area contributed by atoms with Crippen LogP contribution in [0, 0.1) is 6.92 Å². The monoisotopic (exact) mass is 366 g/mol. The topological polar surface area (TPSA) is 59.8 Å². The summed E-state index contributed by atoms with van der Waals surface area (Å²) in [6.45, 7) is 4.71. The number of carbonyl (C=O) groups is 1. The van der Waals surface area contributed by atoms with E-state index in [-0.39, 0.29) is 5.91 Å². The molecule has 3 aromatic rings. The molecule has 0 aliphatic heterocycles. The van der Waals surface area contributed by atoms with E-state index in [0.717, 1.165) is 29.9 Å². The van der Waals surface area contributed by atoms with Crippen molar-refractivity contribution in [1.82, 2.24) is 14.8 Å². The Labute approximate surface area is 157 Å². The number of fused-ring (bicyclic) bond motifs is 1. The summed E-state index contributed by atoms with van der Waals surface area (Å²) in [6.07, 6.45) is 4.87. The second-order valence-corrected chi connectivity index (χ2v) is 7.53. The molecule has 2 aromatic heterocycles. The van der Waals surface area contributed by atoms with Crippen LogP contribution in [0.5, 0.6) is 0 Å². The number of benzene rings is 1. The third kappa shape index (κ3) is 3.29. The molecule has 1 amide bonds. The van der Waals surface area contributed by atoms with Gasteiger partial charge in [0.05, 0.1) is 5.69 Å². The molecule has 0 radical (unpaired) electrons. The molecule has 0 unspecified atom stereocenters. The Hall–Kier alpha value is -2.47. The highest BCUT2D eigenvalue weighted by Gasteiger charge is 2.15. The quantitative estimate of drug-likeness (QED) is 0.741. The normalized spacial score (nSPS) is 13.5. The van der Waals surface area contributed by atoms with Crippen molar-refractivity contribution >= 4 is 22.4 Å². The molecule has 2 heterocycles. The van der Waals surface area contributed by atoms with Gasteiger partial charge in [0, 0.05) is 23.2 Å². The first-order valence-corrected chi connectivity index (χ1v) is 9.95. The first kappa shape index (κ1) is 17.0. The van der Waals surface area contributed by atoms with Crippen molar-refractivity contribution in [2.75, 3.05) is 5.32 Å². The van der Waals surface area contributed by atoms with Crippen LogP contribution in [-0.2, 0) is 19.4 Å². The van der Waals surface area contributed by atoms with Gasteiger partial charge < -0.3 is 0 Å². The standard InChI is InChI=1S/C20H22N4OS/c1-3-24-13(2)10-17(23-24)19(25)22-20-21-18(12-26-20)16-9-8-14-6-4-5-7-15(14)11-16/h8-12H,3-7H2,1-2H3,(H,21,22,25). The van der Waals surface area contributed by atoms with E-state index < -0.39 is 0 Å². The first-order valence-electron chi connectivity index (χ1n) is 9.07. The summed E-state index contributed by atoms with van der Waals surface area (Å²) >= 11 is 1.44. The number of hydrogen-bond acceptors (Lipinski definition) is 4. The molecule has 26 heavy (non-hydrogen) atoms. The highest BCUT2D eigenvalue weighted by molar-refractivity contribution is 7.14. The molecule has 0 saturated heterocycles. The van der Waals surface area contributed by atoms with Crippen molar-refractivity contribution in [3.05, 3.63) is 52.2 Å². The van der Waals surface area contributed by atoms with E-state index in [9.17, 15) is 4.79 Å². The maximum atomic E-state index is 12.4. The molecule has 4 rings (SSSR count). The average Bonchev–Trinajstić information content (AvgIpc) is 3.27. The zero-order valence-electron chi connectivity index (χ0n) is 15.1. The van der Waals surface area contributed by atoms with Crippen LogP contribution >= 0.6 is 11.3 Å². The molecule has 0 atom stereocenters. The van der Waals surface area contributed by atoms with Gasteiger partial charge in [-0.2, -0.15) is 5.10 Å². The van der Waals surface area contributed by atoms with Gasteiger partial charge in [0.15, 0.2) is 10.8 Å². The van der Waals surface area contributed by atoms with Gasteiger partial charge in [-0.15, -0.1) is 11.3 Å². The van der Waals surface area contributed by atoms with E-state index in [2.05, 4.69) is 33.6 Å². The van der Waals surface area contributed by atoms with Gasteiger partial charge in [0.1, 0.15) is 0 Å². The third-order valence-electron chi connectivity index (χ3n) is 4.88. The van der Waals surface area contributed by atoms with Crippen LogP contribution in [-0.4, -0.2) is 20.7 Å². The minimum absolute atomic E-state index is 0.216. The molecule has 0 fully saturated rings. The fourth-order valence-electron chi connectivity index (χ4n) is 3.46. The van der Waals surface area contributed by atoms with Gasteiger partial charge in [0.25, 0.3) is 5.91 Å². The Kier molecular flexibility index (Phi) is 4.59. The van der Waals surface area contributed by atoms with Crippen LogP contribution in [0.2, 0.25) is 0 Å². The smallest absolute Gasteiger partial charge is 0.277 e. The van der Waals surface area contributed by atoms with Crippen molar-refractivity contribution in [2.24, 2.45) is 0 Å². The van der Waals surface area contributed by atoms with E-state index >= 15 is 0 Å². The largest absolute Gasteiger partial charge is 0.296 e. The van der Waals surface area contributed by atoms with Gasteiger partial charge in [-0.25, -0.2) is 4.98 Å². The molecule has 6 heteroatoms. The molecule has 5 nitrogen and oxygen atoms in total. The Morgan fingerprint density at radius 1 is 1.23 bits per heavy atom. The number of carbonyl (C=O) groups excluding carboxylic acids is 1. The third-order valence-corrected chi connectivity index (χ3v) is 5.64. The Balaban J connectivity index is 1.51. The number of aromatic nitrogens is 3. The fraction of sp³-hybridized carbons (Fsp3) is 0.350. The SMILES string of the molecule is CCn1nc(C(=O)Nc2nc(-c3ccc4c(c3)CCCC4)cs2)cc1C. The number of nitrogens with one attached hydrogen (secondary N) is 1. The number of thiazole rings is 1. The summed E-state index contributed by atoms with van der Waals surface area (Å²) in [5, 5.41) is 9.79. The van der Waals surface area contributed by atoms with E-state index in [4.69, 9.17) is 0 Å². The molecule has 134 valence electrons. The second-order valence-electron chi connectivity index (χ2n) is 6.67. The maximum Gasteiger partial charge on any atom is 0.277 e. The van der Waals surface area contributed by atoms with Crippen LogP contribution in [0.4, 0.5) is 5.13 Å². The molecule has 1 N–H and O–H groups in total. The number of amides is 1. The maximum absolute atomic E-state index is 12.4. The van der Waals surface area contributed by atoms with E-state index in [1.807, 2.05) is 23.9 Å². The highest BCUT2D eigenvalue weighted by atomic mass is 32.1. The lowest BCUT2D eigenvalue weighted by Gasteiger charge is -2.16. The predicted octanol–water partition coefficient (Wildman–Crippen LogP) is 4.47. The minimum Gasteiger partial charge on any atom is -0.296 e. The molecular weight excluding hydrogens is 344 g/mol. The zero-order chi connectivity index (χ0) is 18.1. The van der Waals surface area contributed by atoms with Crippen molar-refractivity contribution in [3.8, 4) is 11.3 Å². The molecule has 0 saturated carbocycles. The van der Waals surface area contributed by atoms with E-state index in [1.54, 1.807) is 6.07 Å². The van der Waals surface area contributed by atoms with Gasteiger partial charge in [-0.05, 0) is 62.8 Å². The number of hydrogen-bond donors (Lipinski definition) is 1. The van der Waals surface area contributed by atoms with Gasteiger partial charge in [0.2, 0.25) is 0 Å². The molecular formula is C20H22N4OS. The van der Waals surface area contributed by atoms with E-state index in [1.165, 1.54) is 41.7 Å². The molecule has 0 bridgehead atoms. The predicted molar refractivity (Wildman–Crippen MR) is 105 cm³/mol. The van der Waals surface area contributed by atoms with Crippen LogP contribution < -0.4 is 5.32 Å².